The number of imidazole rings is 1. The number of benzene rings is 1. The minimum Gasteiger partial charge on any atom is -0.324 e. The number of aromatic nitrogens is 2. The van der Waals surface area contributed by atoms with Crippen LogP contribution in [-0.2, 0) is 0 Å². The van der Waals surface area contributed by atoms with Gasteiger partial charge < -0.3 is 4.57 Å². The van der Waals surface area contributed by atoms with Crippen LogP contribution in [0.5, 0.6) is 0 Å². The maximum absolute atomic E-state index is 6.41. The Labute approximate surface area is 140 Å². The summed E-state index contributed by atoms with van der Waals surface area (Å²) in [4.78, 5) is 4.79. The molecule has 3 unspecified atom stereocenters. The SMILES string of the molecule is CCC1CCCC(n2c(C(C)Cl)nc3ccc(Br)cc32)C1. The van der Waals surface area contributed by atoms with E-state index in [1.165, 1.54) is 37.6 Å². The predicted octanol–water partition coefficient (Wildman–Crippen LogP) is 6.24. The quantitative estimate of drug-likeness (QED) is 0.585. The topological polar surface area (TPSA) is 17.8 Å². The minimum atomic E-state index is -0.0572. The van der Waals surface area contributed by atoms with Gasteiger partial charge in [-0.15, -0.1) is 11.6 Å². The smallest absolute Gasteiger partial charge is 0.127 e. The zero-order chi connectivity index (χ0) is 15.0. The van der Waals surface area contributed by atoms with Crippen LogP contribution in [0.4, 0.5) is 0 Å². The molecule has 3 rings (SSSR count). The maximum Gasteiger partial charge on any atom is 0.127 e. The summed E-state index contributed by atoms with van der Waals surface area (Å²) in [5.74, 6) is 1.86. The van der Waals surface area contributed by atoms with Crippen LogP contribution in [0, 0.1) is 5.92 Å². The van der Waals surface area contributed by atoms with Crippen molar-refractivity contribution in [3.8, 4) is 0 Å². The molecule has 0 amide bonds. The minimum absolute atomic E-state index is 0.0572. The molecule has 1 aromatic heterocycles. The Hall–Kier alpha value is -0.540. The molecular formula is C17H22BrClN2. The molecule has 2 aromatic rings. The van der Waals surface area contributed by atoms with E-state index in [0.29, 0.717) is 6.04 Å². The summed E-state index contributed by atoms with van der Waals surface area (Å²) in [5.41, 5.74) is 2.27. The van der Waals surface area contributed by atoms with E-state index in [1.54, 1.807) is 0 Å². The van der Waals surface area contributed by atoms with Crippen LogP contribution in [0.2, 0.25) is 0 Å². The molecule has 1 heterocycles. The highest BCUT2D eigenvalue weighted by atomic mass is 79.9. The van der Waals surface area contributed by atoms with E-state index < -0.39 is 0 Å². The third-order valence-electron chi connectivity index (χ3n) is 4.73. The average molecular weight is 370 g/mol. The number of nitrogens with zero attached hydrogens (tertiary/aromatic N) is 2. The molecule has 0 radical (unpaired) electrons. The highest BCUT2D eigenvalue weighted by molar-refractivity contribution is 9.10. The third-order valence-corrected chi connectivity index (χ3v) is 5.42. The zero-order valence-electron chi connectivity index (χ0n) is 12.6. The Morgan fingerprint density at radius 1 is 1.43 bits per heavy atom. The van der Waals surface area contributed by atoms with Crippen molar-refractivity contribution in [2.24, 2.45) is 5.92 Å². The monoisotopic (exact) mass is 368 g/mol. The highest BCUT2D eigenvalue weighted by Crippen LogP contribution is 2.39. The number of halogens is 2. The Morgan fingerprint density at radius 3 is 2.95 bits per heavy atom. The molecule has 3 atom stereocenters. The van der Waals surface area contributed by atoms with Crippen molar-refractivity contribution < 1.29 is 0 Å². The molecule has 1 saturated carbocycles. The van der Waals surface area contributed by atoms with Gasteiger partial charge in [-0.3, -0.25) is 0 Å². The van der Waals surface area contributed by atoms with Crippen LogP contribution in [0.3, 0.4) is 0 Å². The fourth-order valence-corrected chi connectivity index (χ4v) is 4.12. The lowest BCUT2D eigenvalue weighted by atomic mass is 9.84. The van der Waals surface area contributed by atoms with Crippen LogP contribution in [0.15, 0.2) is 22.7 Å². The van der Waals surface area contributed by atoms with E-state index in [4.69, 9.17) is 16.6 Å². The first kappa shape index (κ1) is 15.4. The second-order valence-corrected chi connectivity index (χ2v) is 7.75. The van der Waals surface area contributed by atoms with E-state index in [2.05, 4.69) is 45.6 Å². The lowest BCUT2D eigenvalue weighted by Crippen LogP contribution is -2.20. The van der Waals surface area contributed by atoms with Crippen molar-refractivity contribution in [1.29, 1.82) is 0 Å². The van der Waals surface area contributed by atoms with Gasteiger partial charge in [-0.05, 0) is 43.9 Å². The first-order valence-electron chi connectivity index (χ1n) is 7.91. The van der Waals surface area contributed by atoms with Gasteiger partial charge in [0, 0.05) is 10.5 Å². The lowest BCUT2D eigenvalue weighted by molar-refractivity contribution is 0.261. The van der Waals surface area contributed by atoms with Crippen molar-refractivity contribution in [2.45, 2.75) is 57.4 Å². The Kier molecular flexibility index (Phi) is 4.60. The lowest BCUT2D eigenvalue weighted by Gasteiger charge is -2.31. The van der Waals surface area contributed by atoms with E-state index in [0.717, 1.165) is 21.7 Å². The Balaban J connectivity index is 2.10. The number of hydrogen-bond donors (Lipinski definition) is 0. The molecule has 1 aliphatic rings. The largest absolute Gasteiger partial charge is 0.324 e. The van der Waals surface area contributed by atoms with Gasteiger partial charge in [0.05, 0.1) is 16.4 Å². The van der Waals surface area contributed by atoms with Crippen molar-refractivity contribution >= 4 is 38.6 Å². The van der Waals surface area contributed by atoms with Gasteiger partial charge in [-0.1, -0.05) is 42.1 Å². The van der Waals surface area contributed by atoms with Crippen LogP contribution in [-0.4, -0.2) is 9.55 Å². The van der Waals surface area contributed by atoms with E-state index in [-0.39, 0.29) is 5.38 Å². The van der Waals surface area contributed by atoms with Crippen molar-refractivity contribution in [3.63, 3.8) is 0 Å². The van der Waals surface area contributed by atoms with Gasteiger partial charge in [0.15, 0.2) is 0 Å². The number of hydrogen-bond acceptors (Lipinski definition) is 1. The van der Waals surface area contributed by atoms with E-state index in [9.17, 15) is 0 Å². The first-order chi connectivity index (χ1) is 10.1. The van der Waals surface area contributed by atoms with Crippen LogP contribution >= 0.6 is 27.5 Å². The molecule has 0 spiro atoms. The van der Waals surface area contributed by atoms with Gasteiger partial charge in [-0.2, -0.15) is 0 Å². The third kappa shape index (κ3) is 3.00. The maximum atomic E-state index is 6.41. The first-order valence-corrected chi connectivity index (χ1v) is 9.14. The Morgan fingerprint density at radius 2 is 2.24 bits per heavy atom. The normalized spacial score (nSPS) is 24.4. The number of alkyl halides is 1. The standard InChI is InChI=1S/C17H22BrClN2/c1-3-12-5-4-6-14(9-12)21-16-10-13(18)7-8-15(16)20-17(21)11(2)19/h7-8,10-12,14H,3-6,9H2,1-2H3. The molecule has 0 N–H and O–H groups in total. The van der Waals surface area contributed by atoms with Crippen LogP contribution in [0.1, 0.15) is 63.2 Å². The van der Waals surface area contributed by atoms with E-state index in [1.807, 2.05) is 6.92 Å². The predicted molar refractivity (Wildman–Crippen MR) is 93.0 cm³/mol. The van der Waals surface area contributed by atoms with Gasteiger partial charge in [0.25, 0.3) is 0 Å². The molecule has 2 nitrogen and oxygen atoms in total. The van der Waals surface area contributed by atoms with Crippen molar-refractivity contribution in [3.05, 3.63) is 28.5 Å². The molecule has 114 valence electrons. The molecule has 1 aliphatic carbocycles. The second-order valence-electron chi connectivity index (χ2n) is 6.18. The van der Waals surface area contributed by atoms with Crippen molar-refractivity contribution in [1.82, 2.24) is 9.55 Å². The second kappa shape index (κ2) is 6.29. The molecule has 0 saturated heterocycles. The molecule has 0 aliphatic heterocycles. The summed E-state index contributed by atoms with van der Waals surface area (Å²) in [6, 6.07) is 6.86. The zero-order valence-corrected chi connectivity index (χ0v) is 15.0. The summed E-state index contributed by atoms with van der Waals surface area (Å²) in [6.45, 7) is 4.33. The molecule has 21 heavy (non-hydrogen) atoms. The summed E-state index contributed by atoms with van der Waals surface area (Å²) < 4.78 is 3.52. The van der Waals surface area contributed by atoms with Crippen molar-refractivity contribution in [2.75, 3.05) is 0 Å². The van der Waals surface area contributed by atoms with Gasteiger partial charge >= 0.3 is 0 Å². The summed E-state index contributed by atoms with van der Waals surface area (Å²) in [5, 5.41) is -0.0572. The Bertz CT molecular complexity index is 635. The number of fused-ring (bicyclic) bond motifs is 1. The van der Waals surface area contributed by atoms with Crippen LogP contribution in [0.25, 0.3) is 11.0 Å². The average Bonchev–Trinajstić information content (AvgIpc) is 2.86. The summed E-state index contributed by atoms with van der Waals surface area (Å²) >= 11 is 10.0. The molecule has 1 aromatic carbocycles. The molecule has 0 bridgehead atoms. The summed E-state index contributed by atoms with van der Waals surface area (Å²) in [6.07, 6.45) is 6.46. The van der Waals surface area contributed by atoms with Gasteiger partial charge in [-0.25, -0.2) is 4.98 Å². The molecule has 4 heteroatoms. The highest BCUT2D eigenvalue weighted by Gasteiger charge is 2.27. The van der Waals surface area contributed by atoms with E-state index >= 15 is 0 Å². The van der Waals surface area contributed by atoms with Gasteiger partial charge in [0.1, 0.15) is 5.82 Å². The summed E-state index contributed by atoms with van der Waals surface area (Å²) in [7, 11) is 0. The van der Waals surface area contributed by atoms with Crippen LogP contribution < -0.4 is 0 Å². The fourth-order valence-electron chi connectivity index (χ4n) is 3.62. The molecular weight excluding hydrogens is 348 g/mol. The fraction of sp³-hybridized carbons (Fsp3) is 0.588. The number of rotatable bonds is 3. The molecule has 1 fully saturated rings. The van der Waals surface area contributed by atoms with Gasteiger partial charge in [0.2, 0.25) is 0 Å².